The Morgan fingerprint density at radius 1 is 1.07 bits per heavy atom. The third-order valence-corrected chi connectivity index (χ3v) is 8.09. The van der Waals surface area contributed by atoms with Gasteiger partial charge in [-0.15, -0.1) is 0 Å². The van der Waals surface area contributed by atoms with Crippen LogP contribution in [0.2, 0.25) is 5.02 Å². The average Bonchev–Trinajstić information content (AvgIpc) is 3.44. The largest absolute Gasteiger partial charge is 0.497 e. The average molecular weight is 449 g/mol. The van der Waals surface area contributed by atoms with E-state index in [0.717, 1.165) is 31.5 Å². The summed E-state index contributed by atoms with van der Waals surface area (Å²) in [5.41, 5.74) is 0.917. The first-order chi connectivity index (χ1) is 14.4. The van der Waals surface area contributed by atoms with E-state index >= 15 is 0 Å². The van der Waals surface area contributed by atoms with E-state index in [1.807, 2.05) is 29.2 Å². The maximum atomic E-state index is 13.3. The van der Waals surface area contributed by atoms with Crippen molar-refractivity contribution >= 4 is 27.5 Å². The lowest BCUT2D eigenvalue weighted by Crippen LogP contribution is -2.37. The normalized spacial score (nSPS) is 22.4. The number of ether oxygens (including phenoxy) is 1. The van der Waals surface area contributed by atoms with Crippen LogP contribution in [0.1, 0.15) is 24.3 Å². The summed E-state index contributed by atoms with van der Waals surface area (Å²) in [4.78, 5) is 15.4. The molecule has 2 saturated heterocycles. The second-order valence-electron chi connectivity index (χ2n) is 7.80. The molecule has 0 spiro atoms. The zero-order valence-electron chi connectivity index (χ0n) is 16.8. The lowest BCUT2D eigenvalue weighted by molar-refractivity contribution is -0.134. The van der Waals surface area contributed by atoms with Crippen molar-refractivity contribution in [2.75, 3.05) is 33.3 Å². The van der Waals surface area contributed by atoms with Gasteiger partial charge in [0, 0.05) is 37.1 Å². The van der Waals surface area contributed by atoms with Crippen LogP contribution in [0.5, 0.6) is 5.75 Å². The predicted molar refractivity (Wildman–Crippen MR) is 115 cm³/mol. The Labute approximate surface area is 182 Å². The van der Waals surface area contributed by atoms with Gasteiger partial charge in [0.2, 0.25) is 15.9 Å². The fourth-order valence-electron chi connectivity index (χ4n) is 4.35. The van der Waals surface area contributed by atoms with Gasteiger partial charge in [0.05, 0.1) is 17.9 Å². The van der Waals surface area contributed by atoms with E-state index < -0.39 is 15.9 Å². The van der Waals surface area contributed by atoms with Crippen molar-refractivity contribution in [3.63, 3.8) is 0 Å². The molecule has 2 atom stereocenters. The molecule has 2 heterocycles. The van der Waals surface area contributed by atoms with Crippen molar-refractivity contribution in [2.24, 2.45) is 5.92 Å². The first kappa shape index (κ1) is 21.2. The number of carbonyl (C=O) groups is 1. The highest BCUT2D eigenvalue weighted by molar-refractivity contribution is 7.89. The lowest BCUT2D eigenvalue weighted by atomic mass is 9.88. The monoisotopic (exact) mass is 448 g/mol. The number of nitrogens with zero attached hydrogens (tertiary/aromatic N) is 2. The second-order valence-corrected chi connectivity index (χ2v) is 10.2. The molecular formula is C22H25ClN2O4S. The van der Waals surface area contributed by atoms with Crippen LogP contribution in [0.15, 0.2) is 53.4 Å². The molecule has 2 fully saturated rings. The van der Waals surface area contributed by atoms with Crippen molar-refractivity contribution in [1.29, 1.82) is 0 Å². The standard InChI is InChI=1S/C22H25ClN2O4S/c1-29-18-6-4-5-16(13-18)20-14-25(15-21(20)22(26)24-11-2-3-12-24)30(27,28)19-9-7-17(23)8-10-19/h4-10,13,20-21H,2-3,11-12,14-15H2,1H3. The Morgan fingerprint density at radius 3 is 2.43 bits per heavy atom. The molecule has 0 radical (unpaired) electrons. The molecule has 4 rings (SSSR count). The zero-order chi connectivity index (χ0) is 21.3. The molecule has 1 amide bonds. The number of hydrogen-bond acceptors (Lipinski definition) is 4. The Balaban J connectivity index is 1.67. The Hall–Kier alpha value is -2.09. The Kier molecular flexibility index (Phi) is 6.04. The van der Waals surface area contributed by atoms with Crippen molar-refractivity contribution in [3.8, 4) is 5.75 Å². The summed E-state index contributed by atoms with van der Waals surface area (Å²) < 4.78 is 33.3. The lowest BCUT2D eigenvalue weighted by Gasteiger charge is -2.24. The van der Waals surface area contributed by atoms with E-state index in [4.69, 9.17) is 16.3 Å². The highest BCUT2D eigenvalue weighted by Gasteiger charge is 2.45. The van der Waals surface area contributed by atoms with Gasteiger partial charge in [0.15, 0.2) is 0 Å². The van der Waals surface area contributed by atoms with Crippen LogP contribution in [0, 0.1) is 5.92 Å². The van der Waals surface area contributed by atoms with Gasteiger partial charge in [0.25, 0.3) is 0 Å². The molecule has 30 heavy (non-hydrogen) atoms. The molecule has 0 N–H and O–H groups in total. The van der Waals surface area contributed by atoms with Gasteiger partial charge in [-0.3, -0.25) is 4.79 Å². The summed E-state index contributed by atoms with van der Waals surface area (Å²) in [5, 5.41) is 0.478. The van der Waals surface area contributed by atoms with Gasteiger partial charge in [-0.2, -0.15) is 4.31 Å². The van der Waals surface area contributed by atoms with E-state index in [-0.39, 0.29) is 29.8 Å². The number of halogens is 1. The summed E-state index contributed by atoms with van der Waals surface area (Å²) in [6, 6.07) is 13.7. The summed E-state index contributed by atoms with van der Waals surface area (Å²) in [7, 11) is -2.13. The van der Waals surface area contributed by atoms with E-state index in [9.17, 15) is 13.2 Å². The van der Waals surface area contributed by atoms with Crippen LogP contribution in [0.3, 0.4) is 0 Å². The molecule has 2 unspecified atom stereocenters. The molecule has 2 aromatic carbocycles. The summed E-state index contributed by atoms with van der Waals surface area (Å²) in [6.45, 7) is 1.90. The molecule has 2 aliphatic heterocycles. The maximum Gasteiger partial charge on any atom is 0.243 e. The molecule has 0 aromatic heterocycles. The molecule has 0 saturated carbocycles. The van der Waals surface area contributed by atoms with E-state index in [1.165, 1.54) is 16.4 Å². The van der Waals surface area contributed by atoms with Gasteiger partial charge in [-0.25, -0.2) is 8.42 Å². The molecule has 160 valence electrons. The summed E-state index contributed by atoms with van der Waals surface area (Å²) >= 11 is 5.92. The Bertz CT molecular complexity index is 1020. The van der Waals surface area contributed by atoms with E-state index in [0.29, 0.717) is 10.8 Å². The van der Waals surface area contributed by atoms with E-state index in [1.54, 1.807) is 19.2 Å². The number of likely N-dealkylation sites (tertiary alicyclic amines) is 1. The van der Waals surface area contributed by atoms with E-state index in [2.05, 4.69) is 0 Å². The second kappa shape index (κ2) is 8.57. The smallest absolute Gasteiger partial charge is 0.243 e. The number of methoxy groups -OCH3 is 1. The van der Waals surface area contributed by atoms with Gasteiger partial charge in [0.1, 0.15) is 5.75 Å². The zero-order valence-corrected chi connectivity index (χ0v) is 18.4. The number of rotatable bonds is 5. The van der Waals surface area contributed by atoms with Crippen molar-refractivity contribution in [3.05, 3.63) is 59.1 Å². The minimum Gasteiger partial charge on any atom is -0.497 e. The van der Waals surface area contributed by atoms with Crippen LogP contribution < -0.4 is 4.74 Å². The fourth-order valence-corrected chi connectivity index (χ4v) is 5.97. The number of hydrogen-bond donors (Lipinski definition) is 0. The Morgan fingerprint density at radius 2 is 1.77 bits per heavy atom. The first-order valence-electron chi connectivity index (χ1n) is 10.1. The number of benzene rings is 2. The van der Waals surface area contributed by atoms with Gasteiger partial charge < -0.3 is 9.64 Å². The molecule has 2 aliphatic rings. The molecule has 2 aromatic rings. The minimum absolute atomic E-state index is 0.0362. The molecule has 6 nitrogen and oxygen atoms in total. The number of sulfonamides is 1. The summed E-state index contributed by atoms with van der Waals surface area (Å²) in [6.07, 6.45) is 1.99. The van der Waals surface area contributed by atoms with Crippen LogP contribution in [-0.2, 0) is 14.8 Å². The quantitative estimate of drug-likeness (QED) is 0.703. The van der Waals surface area contributed by atoms with Gasteiger partial charge >= 0.3 is 0 Å². The predicted octanol–water partition coefficient (Wildman–Crippen LogP) is 3.38. The molecule has 8 heteroatoms. The van der Waals surface area contributed by atoms with Gasteiger partial charge in [-0.05, 0) is 54.8 Å². The number of carbonyl (C=O) groups excluding carboxylic acids is 1. The summed E-state index contributed by atoms with van der Waals surface area (Å²) in [5.74, 6) is 0.0839. The van der Waals surface area contributed by atoms with Crippen LogP contribution in [0.4, 0.5) is 0 Å². The highest BCUT2D eigenvalue weighted by Crippen LogP contribution is 2.38. The third kappa shape index (κ3) is 4.06. The fraction of sp³-hybridized carbons (Fsp3) is 0.409. The highest BCUT2D eigenvalue weighted by atomic mass is 35.5. The maximum absolute atomic E-state index is 13.3. The van der Waals surface area contributed by atoms with Crippen LogP contribution in [0.25, 0.3) is 0 Å². The van der Waals surface area contributed by atoms with Crippen LogP contribution in [-0.4, -0.2) is 56.8 Å². The van der Waals surface area contributed by atoms with Crippen molar-refractivity contribution in [2.45, 2.75) is 23.7 Å². The molecule has 0 aliphatic carbocycles. The molecular weight excluding hydrogens is 424 g/mol. The first-order valence-corrected chi connectivity index (χ1v) is 11.9. The minimum atomic E-state index is -3.73. The van der Waals surface area contributed by atoms with Crippen molar-refractivity contribution in [1.82, 2.24) is 9.21 Å². The number of amides is 1. The van der Waals surface area contributed by atoms with Crippen LogP contribution >= 0.6 is 11.6 Å². The SMILES string of the molecule is COc1cccc(C2CN(S(=O)(=O)c3ccc(Cl)cc3)CC2C(=O)N2CCCC2)c1. The van der Waals surface area contributed by atoms with Gasteiger partial charge in [-0.1, -0.05) is 23.7 Å². The molecule has 0 bridgehead atoms. The van der Waals surface area contributed by atoms with Crippen molar-refractivity contribution < 1.29 is 17.9 Å². The topological polar surface area (TPSA) is 66.9 Å². The third-order valence-electron chi connectivity index (χ3n) is 5.99.